The van der Waals surface area contributed by atoms with E-state index >= 15 is 0 Å². The van der Waals surface area contributed by atoms with Gasteiger partial charge in [-0.1, -0.05) is 6.07 Å². The number of nitrogens with zero attached hydrogens (tertiary/aromatic N) is 4. The predicted molar refractivity (Wildman–Crippen MR) is 121 cm³/mol. The number of hydrazone groups is 1. The fourth-order valence-electron chi connectivity index (χ4n) is 3.49. The lowest BCUT2D eigenvalue weighted by molar-refractivity contribution is -0.115. The molecule has 2 aliphatic heterocycles. The molecule has 32 heavy (non-hydrogen) atoms. The highest BCUT2D eigenvalue weighted by Gasteiger charge is 2.34. The number of amides is 1. The van der Waals surface area contributed by atoms with Crippen LogP contribution in [0.3, 0.4) is 0 Å². The first-order valence-corrected chi connectivity index (χ1v) is 10.7. The average molecular weight is 460 g/mol. The van der Waals surface area contributed by atoms with Gasteiger partial charge in [-0.15, -0.1) is 11.6 Å². The number of fused-ring (bicyclic) bond motifs is 1. The van der Waals surface area contributed by atoms with Gasteiger partial charge < -0.3 is 15.4 Å². The van der Waals surface area contributed by atoms with E-state index < -0.39 is 5.82 Å². The molecule has 9 nitrogen and oxygen atoms in total. The van der Waals surface area contributed by atoms with Crippen LogP contribution in [0.4, 0.5) is 15.9 Å². The molecule has 0 saturated heterocycles. The van der Waals surface area contributed by atoms with Gasteiger partial charge in [0, 0.05) is 24.2 Å². The summed E-state index contributed by atoms with van der Waals surface area (Å²) in [5.74, 6) is 1.04. The molecule has 1 aromatic heterocycles. The second-order valence-corrected chi connectivity index (χ2v) is 7.74. The van der Waals surface area contributed by atoms with Crippen molar-refractivity contribution in [2.75, 3.05) is 29.7 Å². The van der Waals surface area contributed by atoms with Gasteiger partial charge in [0.15, 0.2) is 5.84 Å². The first-order chi connectivity index (χ1) is 15.5. The van der Waals surface area contributed by atoms with Gasteiger partial charge in [0.25, 0.3) is 0 Å². The lowest BCUT2D eigenvalue weighted by Crippen LogP contribution is -2.29. The Kier molecular flexibility index (Phi) is 6.81. The molecule has 2 aromatic rings. The highest BCUT2D eigenvalue weighted by molar-refractivity contribution is 6.17. The van der Waals surface area contributed by atoms with Crippen LogP contribution in [0.1, 0.15) is 19.0 Å². The van der Waals surface area contributed by atoms with Gasteiger partial charge in [0.2, 0.25) is 5.91 Å². The van der Waals surface area contributed by atoms with Crippen LogP contribution in [-0.2, 0) is 16.0 Å². The van der Waals surface area contributed by atoms with Gasteiger partial charge in [-0.3, -0.25) is 14.9 Å². The Morgan fingerprint density at radius 2 is 2.28 bits per heavy atom. The largest absolute Gasteiger partial charge is 0.372 e. The zero-order valence-corrected chi connectivity index (χ0v) is 18.2. The monoisotopic (exact) mass is 459 g/mol. The molecule has 0 bridgehead atoms. The Labute approximate surface area is 189 Å². The number of benzene rings is 1. The molecular formula is C21H23ClFN7O2. The number of alkyl halides is 1. The maximum Gasteiger partial charge on any atom is 0.230 e. The fraction of sp³-hybridized carbons (Fsp3) is 0.333. The lowest BCUT2D eigenvalue weighted by atomic mass is 10.1. The van der Waals surface area contributed by atoms with Crippen LogP contribution in [0.25, 0.3) is 0 Å². The van der Waals surface area contributed by atoms with E-state index in [-0.39, 0.29) is 18.4 Å². The number of ether oxygens (including phenoxy) is 1. The van der Waals surface area contributed by atoms with Crippen molar-refractivity contribution in [1.82, 2.24) is 15.2 Å². The number of carbonyl (C=O) groups excluding carboxylic acids is 1. The third-order valence-corrected chi connectivity index (χ3v) is 5.25. The zero-order valence-electron chi connectivity index (χ0n) is 17.4. The minimum absolute atomic E-state index is 0.0347. The van der Waals surface area contributed by atoms with Crippen LogP contribution < -0.4 is 10.6 Å². The number of nitrogens with one attached hydrogen (secondary N) is 3. The topological polar surface area (TPSA) is 107 Å². The SMILES string of the molecule is CC1=C2C(Nc3cc(CC(=O)Nc4cccc(F)c4)n[nH]3)=NC=NN2CC1OCCCCl. The third kappa shape index (κ3) is 5.14. The van der Waals surface area contributed by atoms with Crippen LogP contribution in [-0.4, -0.2) is 58.4 Å². The summed E-state index contributed by atoms with van der Waals surface area (Å²) in [4.78, 5) is 16.6. The van der Waals surface area contributed by atoms with Gasteiger partial charge in [-0.05, 0) is 37.1 Å². The quantitative estimate of drug-likeness (QED) is 0.415. The second-order valence-electron chi connectivity index (χ2n) is 7.36. The van der Waals surface area contributed by atoms with E-state index in [9.17, 15) is 9.18 Å². The number of aromatic amines is 1. The molecule has 0 saturated carbocycles. The van der Waals surface area contributed by atoms with Crippen LogP contribution in [0.2, 0.25) is 0 Å². The van der Waals surface area contributed by atoms with Gasteiger partial charge in [-0.2, -0.15) is 10.2 Å². The normalized spacial score (nSPS) is 17.4. The smallest absolute Gasteiger partial charge is 0.230 e. The fourth-order valence-corrected chi connectivity index (χ4v) is 3.60. The van der Waals surface area contributed by atoms with Crippen molar-refractivity contribution in [2.45, 2.75) is 25.9 Å². The zero-order chi connectivity index (χ0) is 22.5. The average Bonchev–Trinajstić information content (AvgIpc) is 3.32. The maximum absolute atomic E-state index is 13.3. The molecule has 1 aromatic carbocycles. The first-order valence-electron chi connectivity index (χ1n) is 10.2. The number of amidine groups is 1. The molecule has 0 spiro atoms. The van der Waals surface area contributed by atoms with Crippen molar-refractivity contribution in [3.05, 3.63) is 53.1 Å². The van der Waals surface area contributed by atoms with Crippen molar-refractivity contribution in [3.8, 4) is 0 Å². The number of aliphatic imine (C=N–C) groups is 1. The van der Waals surface area contributed by atoms with E-state index in [2.05, 4.69) is 30.9 Å². The molecular weight excluding hydrogens is 437 g/mol. The first kappa shape index (κ1) is 22.0. The molecule has 0 radical (unpaired) electrons. The number of aromatic nitrogens is 2. The molecule has 3 heterocycles. The summed E-state index contributed by atoms with van der Waals surface area (Å²) in [6.45, 7) is 3.18. The highest BCUT2D eigenvalue weighted by Crippen LogP contribution is 2.29. The van der Waals surface area contributed by atoms with E-state index in [4.69, 9.17) is 16.3 Å². The van der Waals surface area contributed by atoms with Crippen LogP contribution in [0, 0.1) is 5.82 Å². The molecule has 3 N–H and O–H groups in total. The Bertz CT molecular complexity index is 1080. The molecule has 0 fully saturated rings. The van der Waals surface area contributed by atoms with Crippen molar-refractivity contribution >= 4 is 41.2 Å². The van der Waals surface area contributed by atoms with Gasteiger partial charge >= 0.3 is 0 Å². The molecule has 168 valence electrons. The predicted octanol–water partition coefficient (Wildman–Crippen LogP) is 3.10. The van der Waals surface area contributed by atoms with E-state index in [0.717, 1.165) is 17.7 Å². The Hall–Kier alpha value is -3.24. The summed E-state index contributed by atoms with van der Waals surface area (Å²) >= 11 is 5.73. The standard InChI is InChI=1S/C21H23ClFN7O2/c1-13-17(32-7-3-6-22)11-30-20(13)21(24-12-25-30)27-18-9-16(28-29-18)10-19(31)26-15-5-2-4-14(23)8-15/h2,4-5,8-9,12,17H,3,6-7,10-11H2,1H3,(H,26,31)(H2,24,25,27,28,29). The van der Waals surface area contributed by atoms with Crippen molar-refractivity contribution in [2.24, 2.45) is 10.1 Å². The van der Waals surface area contributed by atoms with Crippen molar-refractivity contribution in [3.63, 3.8) is 0 Å². The number of hydrogen-bond donors (Lipinski definition) is 3. The minimum Gasteiger partial charge on any atom is -0.372 e. The summed E-state index contributed by atoms with van der Waals surface area (Å²) in [7, 11) is 0. The lowest BCUT2D eigenvalue weighted by Gasteiger charge is -2.21. The van der Waals surface area contributed by atoms with Crippen molar-refractivity contribution in [1.29, 1.82) is 0 Å². The summed E-state index contributed by atoms with van der Waals surface area (Å²) < 4.78 is 19.2. The van der Waals surface area contributed by atoms with Crippen molar-refractivity contribution < 1.29 is 13.9 Å². The number of halogens is 2. The Balaban J connectivity index is 1.39. The molecule has 0 aliphatic carbocycles. The van der Waals surface area contributed by atoms with Crippen LogP contribution in [0.15, 0.2) is 51.7 Å². The summed E-state index contributed by atoms with van der Waals surface area (Å²) in [6.07, 6.45) is 2.21. The second kappa shape index (κ2) is 9.92. The van der Waals surface area contributed by atoms with E-state index in [1.807, 2.05) is 11.9 Å². The summed E-state index contributed by atoms with van der Waals surface area (Å²) in [5, 5.41) is 19.1. The van der Waals surface area contributed by atoms with E-state index in [1.54, 1.807) is 12.1 Å². The van der Waals surface area contributed by atoms with Crippen LogP contribution in [0.5, 0.6) is 0 Å². The number of hydrogen-bond acceptors (Lipinski definition) is 7. The third-order valence-electron chi connectivity index (χ3n) is 4.99. The molecule has 4 rings (SSSR count). The summed E-state index contributed by atoms with van der Waals surface area (Å²) in [5.41, 5.74) is 2.80. The molecule has 1 atom stereocenters. The number of rotatable bonds is 8. The summed E-state index contributed by atoms with van der Waals surface area (Å²) in [6, 6.07) is 7.46. The van der Waals surface area contributed by atoms with Gasteiger partial charge in [0.1, 0.15) is 29.8 Å². The van der Waals surface area contributed by atoms with Crippen LogP contribution >= 0.6 is 11.6 Å². The van der Waals surface area contributed by atoms with Gasteiger partial charge in [-0.25, -0.2) is 9.38 Å². The van der Waals surface area contributed by atoms with E-state index in [0.29, 0.717) is 42.1 Å². The Morgan fingerprint density at radius 1 is 1.41 bits per heavy atom. The molecule has 11 heteroatoms. The number of carbonyl (C=O) groups is 1. The Morgan fingerprint density at radius 3 is 3.09 bits per heavy atom. The molecule has 2 aliphatic rings. The number of H-pyrrole nitrogens is 1. The molecule has 1 unspecified atom stereocenters. The maximum atomic E-state index is 13.3. The number of anilines is 2. The van der Waals surface area contributed by atoms with E-state index in [1.165, 1.54) is 24.5 Å². The molecule has 1 amide bonds. The highest BCUT2D eigenvalue weighted by atomic mass is 35.5. The van der Waals surface area contributed by atoms with Gasteiger partial charge in [0.05, 0.1) is 18.7 Å². The minimum atomic E-state index is -0.414.